The highest BCUT2D eigenvalue weighted by molar-refractivity contribution is 7.09. The predicted molar refractivity (Wildman–Crippen MR) is 64.7 cm³/mol. The number of rotatable bonds is 5. The first kappa shape index (κ1) is 12.0. The van der Waals surface area contributed by atoms with E-state index < -0.39 is 5.82 Å². The van der Waals surface area contributed by atoms with E-state index >= 15 is 0 Å². The maximum Gasteiger partial charge on any atom is 0.188 e. The molecule has 0 aliphatic heterocycles. The van der Waals surface area contributed by atoms with Crippen LogP contribution in [0.25, 0.3) is 0 Å². The Labute approximate surface area is 103 Å². The molecule has 0 fully saturated rings. The van der Waals surface area contributed by atoms with E-state index in [4.69, 9.17) is 4.74 Å². The first-order valence-electron chi connectivity index (χ1n) is 5.14. The maximum absolute atomic E-state index is 12.9. The number of ether oxygens (including phenoxy) is 1. The predicted octanol–water partition coefficient (Wildman–Crippen LogP) is 3.29. The van der Waals surface area contributed by atoms with Crippen LogP contribution in [0.1, 0.15) is 15.2 Å². The normalized spacial score (nSPS) is 10.4. The molecule has 0 amide bonds. The molecule has 0 saturated carbocycles. The Hall–Kier alpha value is -1.52. The number of ketones is 1. The number of halogens is 1. The molecule has 2 rings (SSSR count). The van der Waals surface area contributed by atoms with Crippen molar-refractivity contribution in [2.75, 3.05) is 6.61 Å². The minimum atomic E-state index is -0.408. The van der Waals surface area contributed by atoms with Crippen LogP contribution in [0.3, 0.4) is 0 Å². The number of Topliss-reactive ketones (excluding diaryl/α,β-unsaturated/α-hetero) is 1. The molecule has 4 heteroatoms. The van der Waals surface area contributed by atoms with Gasteiger partial charge >= 0.3 is 0 Å². The first-order chi connectivity index (χ1) is 8.25. The maximum atomic E-state index is 12.9. The zero-order chi connectivity index (χ0) is 12.1. The van der Waals surface area contributed by atoms with E-state index in [1.807, 2.05) is 17.5 Å². The van der Waals surface area contributed by atoms with Gasteiger partial charge in [0.05, 0.1) is 6.61 Å². The van der Waals surface area contributed by atoms with E-state index in [1.165, 1.54) is 18.2 Å². The van der Waals surface area contributed by atoms with Gasteiger partial charge in [0, 0.05) is 10.4 Å². The van der Waals surface area contributed by atoms with Gasteiger partial charge in [-0.15, -0.1) is 11.3 Å². The van der Waals surface area contributed by atoms with Gasteiger partial charge in [-0.05, 0) is 23.6 Å². The first-order valence-corrected chi connectivity index (χ1v) is 6.02. The van der Waals surface area contributed by atoms with Crippen molar-refractivity contribution in [3.63, 3.8) is 0 Å². The third-order valence-corrected chi connectivity index (χ3v) is 3.05. The third-order valence-electron chi connectivity index (χ3n) is 2.20. The van der Waals surface area contributed by atoms with Crippen molar-refractivity contribution in [2.45, 2.75) is 6.61 Å². The Kier molecular flexibility index (Phi) is 4.01. The second kappa shape index (κ2) is 5.70. The summed E-state index contributed by atoms with van der Waals surface area (Å²) in [6.07, 6.45) is 0. The van der Waals surface area contributed by atoms with E-state index in [2.05, 4.69) is 0 Å². The van der Waals surface area contributed by atoms with Gasteiger partial charge in [0.1, 0.15) is 12.4 Å². The van der Waals surface area contributed by atoms with Gasteiger partial charge < -0.3 is 4.74 Å². The topological polar surface area (TPSA) is 26.3 Å². The third kappa shape index (κ3) is 3.47. The molecular formula is C13H11FO2S. The summed E-state index contributed by atoms with van der Waals surface area (Å²) in [5.41, 5.74) is 0.344. The molecule has 1 heterocycles. The molecule has 0 bridgehead atoms. The molecule has 2 aromatic rings. The highest BCUT2D eigenvalue weighted by atomic mass is 32.1. The lowest BCUT2D eigenvalue weighted by Crippen LogP contribution is -2.08. The molecule has 1 aromatic heterocycles. The standard InChI is InChI=1S/C13H11FO2S/c14-11-4-1-3-10(7-11)13(15)9-16-8-12-5-2-6-17-12/h1-7H,8-9H2. The lowest BCUT2D eigenvalue weighted by molar-refractivity contribution is 0.0731. The average Bonchev–Trinajstić information content (AvgIpc) is 2.82. The zero-order valence-electron chi connectivity index (χ0n) is 9.06. The van der Waals surface area contributed by atoms with Gasteiger partial charge in [-0.2, -0.15) is 0 Å². The van der Waals surface area contributed by atoms with E-state index in [0.29, 0.717) is 12.2 Å². The minimum Gasteiger partial charge on any atom is -0.368 e. The lowest BCUT2D eigenvalue weighted by atomic mass is 10.1. The van der Waals surface area contributed by atoms with Crippen molar-refractivity contribution < 1.29 is 13.9 Å². The number of benzene rings is 1. The molecule has 0 aliphatic carbocycles. The minimum absolute atomic E-state index is 0.0264. The molecule has 17 heavy (non-hydrogen) atoms. The molecule has 1 aromatic carbocycles. The summed E-state index contributed by atoms with van der Waals surface area (Å²) >= 11 is 1.58. The van der Waals surface area contributed by atoms with Gasteiger partial charge in [-0.3, -0.25) is 4.79 Å². The van der Waals surface area contributed by atoms with E-state index in [-0.39, 0.29) is 12.4 Å². The fourth-order valence-electron chi connectivity index (χ4n) is 1.38. The van der Waals surface area contributed by atoms with Crippen molar-refractivity contribution in [3.8, 4) is 0 Å². The van der Waals surface area contributed by atoms with Crippen molar-refractivity contribution >= 4 is 17.1 Å². The van der Waals surface area contributed by atoms with Gasteiger partial charge in [0.2, 0.25) is 0 Å². The Bertz CT molecular complexity index is 494. The second-order valence-electron chi connectivity index (χ2n) is 3.51. The van der Waals surface area contributed by atoms with Crippen LogP contribution in [-0.4, -0.2) is 12.4 Å². The molecule has 0 radical (unpaired) electrons. The number of carbonyl (C=O) groups excluding carboxylic acids is 1. The second-order valence-corrected chi connectivity index (χ2v) is 4.54. The van der Waals surface area contributed by atoms with Crippen LogP contribution in [-0.2, 0) is 11.3 Å². The van der Waals surface area contributed by atoms with Crippen molar-refractivity contribution in [3.05, 3.63) is 58.0 Å². The summed E-state index contributed by atoms with van der Waals surface area (Å²) in [6, 6.07) is 9.50. The van der Waals surface area contributed by atoms with Crippen LogP contribution < -0.4 is 0 Å². The summed E-state index contributed by atoms with van der Waals surface area (Å²) in [5.74, 6) is -0.616. The Morgan fingerprint density at radius 3 is 2.88 bits per heavy atom. The molecule has 0 aliphatic rings. The number of hydrogen-bond acceptors (Lipinski definition) is 3. The van der Waals surface area contributed by atoms with Gasteiger partial charge in [0.25, 0.3) is 0 Å². The van der Waals surface area contributed by atoms with E-state index in [1.54, 1.807) is 17.4 Å². The molecule has 0 N–H and O–H groups in total. The SMILES string of the molecule is O=C(COCc1cccs1)c1cccc(F)c1. The lowest BCUT2D eigenvalue weighted by Gasteiger charge is -2.02. The molecule has 0 atom stereocenters. The molecule has 88 valence electrons. The summed E-state index contributed by atoms with van der Waals surface area (Å²) in [6.45, 7) is 0.389. The smallest absolute Gasteiger partial charge is 0.188 e. The van der Waals surface area contributed by atoms with Gasteiger partial charge in [-0.25, -0.2) is 4.39 Å². The largest absolute Gasteiger partial charge is 0.368 e. The Morgan fingerprint density at radius 1 is 1.29 bits per heavy atom. The van der Waals surface area contributed by atoms with Gasteiger partial charge in [0.15, 0.2) is 5.78 Å². The number of hydrogen-bond donors (Lipinski definition) is 0. The van der Waals surface area contributed by atoms with Crippen LogP contribution in [0, 0.1) is 5.82 Å². The van der Waals surface area contributed by atoms with Crippen LogP contribution in [0.5, 0.6) is 0 Å². The summed E-state index contributed by atoms with van der Waals surface area (Å²) in [4.78, 5) is 12.7. The highest BCUT2D eigenvalue weighted by Gasteiger charge is 2.06. The Balaban J connectivity index is 1.85. The van der Waals surface area contributed by atoms with Crippen molar-refractivity contribution in [2.24, 2.45) is 0 Å². The van der Waals surface area contributed by atoms with Crippen LogP contribution >= 0.6 is 11.3 Å². The molecule has 0 spiro atoms. The quantitative estimate of drug-likeness (QED) is 0.761. The fourth-order valence-corrected chi connectivity index (χ4v) is 2.02. The van der Waals surface area contributed by atoms with Crippen molar-refractivity contribution in [1.29, 1.82) is 0 Å². The molecule has 0 unspecified atom stereocenters. The van der Waals surface area contributed by atoms with Crippen LogP contribution in [0.15, 0.2) is 41.8 Å². The van der Waals surface area contributed by atoms with Gasteiger partial charge in [-0.1, -0.05) is 18.2 Å². The van der Waals surface area contributed by atoms with Crippen molar-refractivity contribution in [1.82, 2.24) is 0 Å². The summed E-state index contributed by atoms with van der Waals surface area (Å²) < 4.78 is 18.2. The monoisotopic (exact) mass is 250 g/mol. The molecule has 2 nitrogen and oxygen atoms in total. The fraction of sp³-hybridized carbons (Fsp3) is 0.154. The summed E-state index contributed by atoms with van der Waals surface area (Å²) in [5, 5.41) is 1.95. The van der Waals surface area contributed by atoms with Crippen LogP contribution in [0.2, 0.25) is 0 Å². The van der Waals surface area contributed by atoms with E-state index in [9.17, 15) is 9.18 Å². The highest BCUT2D eigenvalue weighted by Crippen LogP contribution is 2.10. The molecular weight excluding hydrogens is 239 g/mol. The molecule has 0 saturated heterocycles. The number of carbonyl (C=O) groups is 1. The van der Waals surface area contributed by atoms with Crippen LogP contribution in [0.4, 0.5) is 4.39 Å². The summed E-state index contributed by atoms with van der Waals surface area (Å²) in [7, 11) is 0. The van der Waals surface area contributed by atoms with E-state index in [0.717, 1.165) is 4.88 Å². The zero-order valence-corrected chi connectivity index (χ0v) is 9.87. The average molecular weight is 250 g/mol. The Morgan fingerprint density at radius 2 is 2.18 bits per heavy atom. The number of thiophene rings is 1.